The van der Waals surface area contributed by atoms with Gasteiger partial charge in [-0.15, -0.1) is 0 Å². The average molecular weight is 398 g/mol. The van der Waals surface area contributed by atoms with Crippen molar-refractivity contribution in [1.82, 2.24) is 25.4 Å². The van der Waals surface area contributed by atoms with Crippen LogP contribution in [-0.4, -0.2) is 76.2 Å². The molecule has 0 aliphatic carbocycles. The van der Waals surface area contributed by atoms with E-state index in [1.807, 2.05) is 0 Å². The van der Waals surface area contributed by atoms with E-state index in [1.54, 1.807) is 6.07 Å². The van der Waals surface area contributed by atoms with Crippen LogP contribution in [0.3, 0.4) is 0 Å². The van der Waals surface area contributed by atoms with E-state index in [-0.39, 0.29) is 30.7 Å². The molecule has 1 aromatic heterocycles. The number of piperidine rings is 2. The van der Waals surface area contributed by atoms with Gasteiger partial charge < -0.3 is 15.5 Å². The highest BCUT2D eigenvalue weighted by molar-refractivity contribution is 6.05. The number of nitrogens with one attached hydrogen (secondary N) is 3. The Hall–Kier alpha value is -2.85. The highest BCUT2D eigenvalue weighted by Gasteiger charge is 2.42. The van der Waals surface area contributed by atoms with E-state index in [1.165, 1.54) is 11.1 Å². The molecule has 152 valence electrons. The maximum atomic E-state index is 12.7. The number of piperazine rings is 1. The zero-order chi connectivity index (χ0) is 20.1. The maximum Gasteiger partial charge on any atom is 0.256 e. The average Bonchev–Trinajstić information content (AvgIpc) is 3.02. The molecule has 5 heterocycles. The Balaban J connectivity index is 1.24. The normalized spacial score (nSPS) is 28.6. The van der Waals surface area contributed by atoms with Crippen LogP contribution in [-0.2, 0) is 20.9 Å². The van der Waals surface area contributed by atoms with Crippen LogP contribution in [0, 0.1) is 0 Å². The number of carbonyl (C=O) groups excluding carboxylic acids is 4. The van der Waals surface area contributed by atoms with Gasteiger partial charge in [0, 0.05) is 44.3 Å². The van der Waals surface area contributed by atoms with E-state index in [2.05, 4.69) is 25.8 Å². The summed E-state index contributed by atoms with van der Waals surface area (Å²) in [5, 5.41) is 8.44. The van der Waals surface area contributed by atoms with Crippen molar-refractivity contribution in [1.29, 1.82) is 0 Å². The van der Waals surface area contributed by atoms with E-state index < -0.39 is 11.9 Å². The number of fused-ring (bicyclic) bond motifs is 3. The van der Waals surface area contributed by atoms with Crippen molar-refractivity contribution in [3.8, 4) is 0 Å². The van der Waals surface area contributed by atoms with Crippen molar-refractivity contribution in [3.05, 3.63) is 23.4 Å². The Morgan fingerprint density at radius 1 is 1.24 bits per heavy atom. The van der Waals surface area contributed by atoms with Gasteiger partial charge in [-0.05, 0) is 24.5 Å². The maximum absolute atomic E-state index is 12.7. The highest BCUT2D eigenvalue weighted by atomic mass is 16.2. The molecule has 3 atom stereocenters. The van der Waals surface area contributed by atoms with Gasteiger partial charge >= 0.3 is 0 Å². The summed E-state index contributed by atoms with van der Waals surface area (Å²) in [6, 6.07) is 1.87. The molecular formula is C19H22N6O4. The lowest BCUT2D eigenvalue weighted by Gasteiger charge is -2.52. The van der Waals surface area contributed by atoms with E-state index in [4.69, 9.17) is 0 Å². The van der Waals surface area contributed by atoms with Crippen molar-refractivity contribution in [2.24, 2.45) is 0 Å². The highest BCUT2D eigenvalue weighted by Crippen LogP contribution is 2.29. The minimum absolute atomic E-state index is 0.125. The second kappa shape index (κ2) is 6.89. The first-order chi connectivity index (χ1) is 14.0. The Bertz CT molecular complexity index is 904. The van der Waals surface area contributed by atoms with Crippen molar-refractivity contribution in [2.75, 3.05) is 25.0 Å². The number of pyridine rings is 1. The minimum atomic E-state index is -0.662. The summed E-state index contributed by atoms with van der Waals surface area (Å²) < 4.78 is 0. The van der Waals surface area contributed by atoms with Gasteiger partial charge in [0.05, 0.1) is 12.1 Å². The molecule has 0 radical (unpaired) electrons. The molecule has 1 aromatic rings. The first-order valence-electron chi connectivity index (χ1n) is 9.89. The molecule has 10 nitrogen and oxygen atoms in total. The SMILES string of the molecule is O=C1CCC(N2Cc3cc(NC(=O)CN4C5CNCC4C5)ncc3C2=O)C(=O)N1. The number of nitrogens with zero attached hydrogens (tertiary/aromatic N) is 3. The number of rotatable bonds is 4. The monoisotopic (exact) mass is 398 g/mol. The number of anilines is 1. The summed E-state index contributed by atoms with van der Waals surface area (Å²) in [5.74, 6) is -0.765. The Morgan fingerprint density at radius 2 is 2.03 bits per heavy atom. The number of aromatic nitrogens is 1. The number of hydrogen-bond donors (Lipinski definition) is 3. The second-order valence-corrected chi connectivity index (χ2v) is 8.05. The fourth-order valence-corrected chi connectivity index (χ4v) is 4.70. The molecule has 0 aromatic carbocycles. The molecule has 0 spiro atoms. The van der Waals surface area contributed by atoms with Gasteiger partial charge in [0.15, 0.2) is 0 Å². The summed E-state index contributed by atoms with van der Waals surface area (Å²) in [5.41, 5.74) is 1.14. The molecule has 4 aliphatic heterocycles. The quantitative estimate of drug-likeness (QED) is 0.546. The Kier molecular flexibility index (Phi) is 4.32. The molecule has 2 bridgehead atoms. The largest absolute Gasteiger partial charge is 0.322 e. The lowest BCUT2D eigenvalue weighted by Crippen LogP contribution is -2.68. The topological polar surface area (TPSA) is 124 Å². The van der Waals surface area contributed by atoms with Crippen molar-refractivity contribution >= 4 is 29.4 Å². The standard InChI is InChI=1S/C19H22N6O4/c26-16-2-1-14(18(28)23-16)25-8-10-3-15(21-7-13(10)19(25)29)22-17(27)9-24-11-4-12(24)6-20-5-11/h3,7,11-12,14,20H,1-2,4-6,8-9H2,(H,21,22,27)(H,23,26,28). The third-order valence-corrected chi connectivity index (χ3v) is 6.24. The number of imide groups is 1. The predicted molar refractivity (Wildman–Crippen MR) is 101 cm³/mol. The molecule has 3 fully saturated rings. The fourth-order valence-electron chi connectivity index (χ4n) is 4.70. The van der Waals surface area contributed by atoms with Gasteiger partial charge in [0.25, 0.3) is 5.91 Å². The molecule has 29 heavy (non-hydrogen) atoms. The van der Waals surface area contributed by atoms with Gasteiger partial charge in [-0.2, -0.15) is 0 Å². The van der Waals surface area contributed by atoms with Crippen LogP contribution in [0.2, 0.25) is 0 Å². The van der Waals surface area contributed by atoms with Crippen LogP contribution in [0.4, 0.5) is 5.82 Å². The molecule has 3 unspecified atom stereocenters. The van der Waals surface area contributed by atoms with Crippen LogP contribution < -0.4 is 16.0 Å². The van der Waals surface area contributed by atoms with Gasteiger partial charge in [-0.1, -0.05) is 0 Å². The molecule has 4 aliphatic rings. The van der Waals surface area contributed by atoms with Gasteiger partial charge in [-0.25, -0.2) is 4.98 Å². The Labute approximate surface area is 167 Å². The van der Waals surface area contributed by atoms with Crippen LogP contribution in [0.15, 0.2) is 12.3 Å². The molecule has 0 saturated carbocycles. The van der Waals surface area contributed by atoms with E-state index in [0.29, 0.717) is 36.4 Å². The Morgan fingerprint density at radius 3 is 2.76 bits per heavy atom. The zero-order valence-electron chi connectivity index (χ0n) is 15.8. The van der Waals surface area contributed by atoms with Crippen LogP contribution in [0.1, 0.15) is 35.2 Å². The van der Waals surface area contributed by atoms with Crippen LogP contribution in [0.25, 0.3) is 0 Å². The van der Waals surface area contributed by atoms with E-state index in [9.17, 15) is 19.2 Å². The molecule has 5 rings (SSSR count). The van der Waals surface area contributed by atoms with Gasteiger partial charge in [0.1, 0.15) is 11.9 Å². The molecular weight excluding hydrogens is 376 g/mol. The lowest BCUT2D eigenvalue weighted by molar-refractivity contribution is -0.137. The molecule has 4 amide bonds. The van der Waals surface area contributed by atoms with Gasteiger partial charge in [0.2, 0.25) is 17.7 Å². The predicted octanol–water partition coefficient (Wildman–Crippen LogP) is -1.17. The number of carbonyl (C=O) groups is 4. The summed E-state index contributed by atoms with van der Waals surface area (Å²) >= 11 is 0. The first-order valence-corrected chi connectivity index (χ1v) is 9.89. The summed E-state index contributed by atoms with van der Waals surface area (Å²) in [4.78, 5) is 56.4. The number of amides is 4. The number of hydrogen-bond acceptors (Lipinski definition) is 7. The van der Waals surface area contributed by atoms with Crippen LogP contribution >= 0.6 is 0 Å². The van der Waals surface area contributed by atoms with Crippen molar-refractivity contribution in [2.45, 2.75) is 43.9 Å². The second-order valence-electron chi connectivity index (χ2n) is 8.05. The summed E-state index contributed by atoms with van der Waals surface area (Å²) in [7, 11) is 0. The van der Waals surface area contributed by atoms with Crippen molar-refractivity contribution in [3.63, 3.8) is 0 Å². The smallest absolute Gasteiger partial charge is 0.256 e. The van der Waals surface area contributed by atoms with Crippen LogP contribution in [0.5, 0.6) is 0 Å². The molecule has 3 saturated heterocycles. The third-order valence-electron chi connectivity index (χ3n) is 6.24. The summed E-state index contributed by atoms with van der Waals surface area (Å²) in [6.45, 7) is 2.42. The molecule has 10 heteroatoms. The summed E-state index contributed by atoms with van der Waals surface area (Å²) in [6.07, 6.45) is 3.11. The fraction of sp³-hybridized carbons (Fsp3) is 0.526. The zero-order valence-corrected chi connectivity index (χ0v) is 15.8. The minimum Gasteiger partial charge on any atom is -0.322 e. The first kappa shape index (κ1) is 18.2. The molecule has 3 N–H and O–H groups in total. The van der Waals surface area contributed by atoms with Crippen molar-refractivity contribution < 1.29 is 19.2 Å². The van der Waals surface area contributed by atoms with E-state index in [0.717, 1.165) is 25.1 Å². The van der Waals surface area contributed by atoms with E-state index >= 15 is 0 Å². The lowest BCUT2D eigenvalue weighted by atomic mass is 9.89. The van der Waals surface area contributed by atoms with Gasteiger partial charge in [-0.3, -0.25) is 29.4 Å². The third kappa shape index (κ3) is 3.18.